The van der Waals surface area contributed by atoms with Gasteiger partial charge < -0.3 is 9.84 Å². The van der Waals surface area contributed by atoms with Crippen LogP contribution in [0.2, 0.25) is 0 Å². The Kier molecular flexibility index (Phi) is 3.28. The van der Waals surface area contributed by atoms with Gasteiger partial charge in [0.15, 0.2) is 0 Å². The summed E-state index contributed by atoms with van der Waals surface area (Å²) in [5, 5.41) is 9.12. The van der Waals surface area contributed by atoms with Gasteiger partial charge in [-0.05, 0) is 54.4 Å². The zero-order valence-electron chi connectivity index (χ0n) is 9.48. The number of phenols is 1. The Morgan fingerprint density at radius 3 is 2.53 bits per heavy atom. The van der Waals surface area contributed by atoms with E-state index in [1.807, 2.05) is 6.92 Å². The fourth-order valence-corrected chi connectivity index (χ4v) is 1.50. The predicted octanol–water partition coefficient (Wildman–Crippen LogP) is 3.42. The van der Waals surface area contributed by atoms with E-state index in [1.54, 1.807) is 30.3 Å². The Hall–Kier alpha value is -2.03. The van der Waals surface area contributed by atoms with Crippen molar-refractivity contribution in [2.75, 3.05) is 0 Å². The second kappa shape index (κ2) is 4.87. The molecule has 0 bridgehead atoms. The number of ether oxygens (including phenoxy) is 1. The summed E-state index contributed by atoms with van der Waals surface area (Å²) in [7, 11) is 0. The van der Waals surface area contributed by atoms with Crippen molar-refractivity contribution in [2.24, 2.45) is 0 Å². The molecule has 2 nitrogen and oxygen atoms in total. The number of hydrogen-bond acceptors (Lipinski definition) is 2. The van der Waals surface area contributed by atoms with Gasteiger partial charge in [-0.15, -0.1) is 0 Å². The molecule has 17 heavy (non-hydrogen) atoms. The number of aryl methyl sites for hydroxylation is 1. The lowest BCUT2D eigenvalue weighted by Crippen LogP contribution is -1.98. The van der Waals surface area contributed by atoms with Crippen molar-refractivity contribution in [2.45, 2.75) is 13.5 Å². The van der Waals surface area contributed by atoms with Crippen LogP contribution in [0.1, 0.15) is 11.1 Å². The van der Waals surface area contributed by atoms with Crippen LogP contribution in [0.15, 0.2) is 42.5 Å². The highest BCUT2D eigenvalue weighted by Crippen LogP contribution is 2.18. The SMILES string of the molecule is Cc1ccc(F)cc1COc1ccc(O)cc1. The number of hydrogen-bond donors (Lipinski definition) is 1. The van der Waals surface area contributed by atoms with Gasteiger partial charge >= 0.3 is 0 Å². The number of halogens is 1. The van der Waals surface area contributed by atoms with E-state index in [4.69, 9.17) is 9.84 Å². The van der Waals surface area contributed by atoms with Gasteiger partial charge in [0.05, 0.1) is 0 Å². The van der Waals surface area contributed by atoms with E-state index in [0.29, 0.717) is 12.4 Å². The Bertz CT molecular complexity index is 506. The van der Waals surface area contributed by atoms with Gasteiger partial charge in [0, 0.05) is 0 Å². The molecule has 0 saturated carbocycles. The van der Waals surface area contributed by atoms with Crippen LogP contribution >= 0.6 is 0 Å². The molecule has 88 valence electrons. The van der Waals surface area contributed by atoms with Crippen LogP contribution in [0.5, 0.6) is 11.5 Å². The maximum absolute atomic E-state index is 13.0. The van der Waals surface area contributed by atoms with E-state index in [2.05, 4.69) is 0 Å². The molecule has 2 aromatic carbocycles. The number of rotatable bonds is 3. The molecule has 0 heterocycles. The van der Waals surface area contributed by atoms with E-state index in [1.165, 1.54) is 12.1 Å². The average Bonchev–Trinajstić information content (AvgIpc) is 2.32. The highest BCUT2D eigenvalue weighted by molar-refractivity contribution is 5.31. The third-order valence-electron chi connectivity index (χ3n) is 2.54. The Labute approximate surface area is 99.3 Å². The number of benzene rings is 2. The first kappa shape index (κ1) is 11.5. The summed E-state index contributed by atoms with van der Waals surface area (Å²) in [4.78, 5) is 0. The third kappa shape index (κ3) is 2.97. The smallest absolute Gasteiger partial charge is 0.123 e. The molecular formula is C14H13FO2. The molecule has 0 aromatic heterocycles. The molecule has 0 radical (unpaired) electrons. The molecule has 0 atom stereocenters. The topological polar surface area (TPSA) is 29.5 Å². The van der Waals surface area contributed by atoms with Crippen LogP contribution in [-0.4, -0.2) is 5.11 Å². The lowest BCUT2D eigenvalue weighted by atomic mass is 10.1. The summed E-state index contributed by atoms with van der Waals surface area (Å²) in [5.41, 5.74) is 1.81. The van der Waals surface area contributed by atoms with E-state index < -0.39 is 0 Å². The Balaban J connectivity index is 2.07. The van der Waals surface area contributed by atoms with Crippen molar-refractivity contribution < 1.29 is 14.2 Å². The molecule has 0 aliphatic carbocycles. The molecule has 0 spiro atoms. The zero-order valence-corrected chi connectivity index (χ0v) is 9.48. The van der Waals surface area contributed by atoms with Gasteiger partial charge in [-0.3, -0.25) is 0 Å². The fraction of sp³-hybridized carbons (Fsp3) is 0.143. The van der Waals surface area contributed by atoms with Gasteiger partial charge in [-0.2, -0.15) is 0 Å². The first-order chi connectivity index (χ1) is 8.15. The number of phenolic OH excluding ortho intramolecular Hbond substituents is 1. The average molecular weight is 232 g/mol. The summed E-state index contributed by atoms with van der Waals surface area (Å²) in [6.07, 6.45) is 0. The summed E-state index contributed by atoms with van der Waals surface area (Å²) < 4.78 is 18.5. The van der Waals surface area contributed by atoms with Crippen LogP contribution in [0.25, 0.3) is 0 Å². The largest absolute Gasteiger partial charge is 0.508 e. The van der Waals surface area contributed by atoms with Crippen molar-refractivity contribution in [3.8, 4) is 11.5 Å². The van der Waals surface area contributed by atoms with E-state index >= 15 is 0 Å². The van der Waals surface area contributed by atoms with Crippen molar-refractivity contribution in [3.05, 3.63) is 59.4 Å². The second-order valence-corrected chi connectivity index (χ2v) is 3.85. The fourth-order valence-electron chi connectivity index (χ4n) is 1.50. The first-order valence-corrected chi connectivity index (χ1v) is 5.32. The van der Waals surface area contributed by atoms with E-state index in [9.17, 15) is 4.39 Å². The quantitative estimate of drug-likeness (QED) is 0.878. The summed E-state index contributed by atoms with van der Waals surface area (Å²) in [6, 6.07) is 11.1. The molecule has 0 fully saturated rings. The van der Waals surface area contributed by atoms with Crippen LogP contribution in [0.3, 0.4) is 0 Å². The standard InChI is InChI=1S/C14H13FO2/c1-10-2-3-12(15)8-11(10)9-17-14-6-4-13(16)5-7-14/h2-8,16H,9H2,1H3. The second-order valence-electron chi connectivity index (χ2n) is 3.85. The van der Waals surface area contributed by atoms with Gasteiger partial charge in [0.1, 0.15) is 23.9 Å². The molecular weight excluding hydrogens is 219 g/mol. The lowest BCUT2D eigenvalue weighted by Gasteiger charge is -2.08. The highest BCUT2D eigenvalue weighted by Gasteiger charge is 2.02. The monoisotopic (exact) mass is 232 g/mol. The number of aromatic hydroxyl groups is 1. The van der Waals surface area contributed by atoms with Crippen molar-refractivity contribution in [3.63, 3.8) is 0 Å². The molecule has 0 aliphatic heterocycles. The molecule has 2 aromatic rings. The van der Waals surface area contributed by atoms with Gasteiger partial charge in [-0.1, -0.05) is 6.07 Å². The molecule has 2 rings (SSSR count). The maximum Gasteiger partial charge on any atom is 0.123 e. The van der Waals surface area contributed by atoms with Crippen molar-refractivity contribution >= 4 is 0 Å². The van der Waals surface area contributed by atoms with E-state index in [0.717, 1.165) is 11.1 Å². The summed E-state index contributed by atoms with van der Waals surface area (Å²) in [5.74, 6) is 0.575. The van der Waals surface area contributed by atoms with Crippen LogP contribution in [0.4, 0.5) is 4.39 Å². The summed E-state index contributed by atoms with van der Waals surface area (Å²) in [6.45, 7) is 2.23. The normalized spacial score (nSPS) is 10.2. The van der Waals surface area contributed by atoms with Crippen molar-refractivity contribution in [1.82, 2.24) is 0 Å². The van der Waals surface area contributed by atoms with Crippen LogP contribution in [0, 0.1) is 12.7 Å². The Morgan fingerprint density at radius 1 is 1.12 bits per heavy atom. The minimum atomic E-state index is -0.264. The van der Waals surface area contributed by atoms with E-state index in [-0.39, 0.29) is 11.6 Å². The van der Waals surface area contributed by atoms with Crippen LogP contribution < -0.4 is 4.74 Å². The minimum absolute atomic E-state index is 0.194. The van der Waals surface area contributed by atoms with Gasteiger partial charge in [0.2, 0.25) is 0 Å². The molecule has 3 heteroatoms. The summed E-state index contributed by atoms with van der Waals surface area (Å²) >= 11 is 0. The molecule has 0 unspecified atom stereocenters. The maximum atomic E-state index is 13.0. The molecule has 0 amide bonds. The lowest BCUT2D eigenvalue weighted by molar-refractivity contribution is 0.304. The molecule has 1 N–H and O–H groups in total. The zero-order chi connectivity index (χ0) is 12.3. The van der Waals surface area contributed by atoms with Crippen LogP contribution in [-0.2, 0) is 6.61 Å². The highest BCUT2D eigenvalue weighted by atomic mass is 19.1. The first-order valence-electron chi connectivity index (χ1n) is 5.32. The van der Waals surface area contributed by atoms with Gasteiger partial charge in [0.25, 0.3) is 0 Å². The Morgan fingerprint density at radius 2 is 1.82 bits per heavy atom. The molecule has 0 saturated heterocycles. The van der Waals surface area contributed by atoms with Crippen molar-refractivity contribution in [1.29, 1.82) is 0 Å². The van der Waals surface area contributed by atoms with Gasteiger partial charge in [-0.25, -0.2) is 4.39 Å². The minimum Gasteiger partial charge on any atom is -0.508 e. The third-order valence-corrected chi connectivity index (χ3v) is 2.54. The predicted molar refractivity (Wildman–Crippen MR) is 63.6 cm³/mol. The molecule has 0 aliphatic rings.